The molecule has 6 aliphatic rings. The lowest BCUT2D eigenvalue weighted by Gasteiger charge is -2.30. The Morgan fingerprint density at radius 3 is 1.65 bits per heavy atom. The van der Waals surface area contributed by atoms with Crippen molar-refractivity contribution in [3.63, 3.8) is 0 Å². The number of nitrogens with two attached hydrogens (primary N) is 1. The van der Waals surface area contributed by atoms with Gasteiger partial charge in [0.25, 0.3) is 5.56 Å². The van der Waals surface area contributed by atoms with Crippen molar-refractivity contribution in [3.8, 4) is 0 Å². The number of imidazole rings is 3. The second-order valence-electron chi connectivity index (χ2n) is 16.4. The van der Waals surface area contributed by atoms with Crippen LogP contribution < -0.4 is 11.3 Å². The minimum atomic E-state index is -0.634. The normalized spacial score (nSPS) is 36.0. The topological polar surface area (TPSA) is 252 Å². The Bertz CT molecular complexity index is 2520. The van der Waals surface area contributed by atoms with Crippen LogP contribution in [-0.2, 0) is 28.4 Å². The predicted octanol–water partition coefficient (Wildman–Crippen LogP) is 2.73. The van der Waals surface area contributed by atoms with Crippen LogP contribution in [0, 0.1) is 17.8 Å². The summed E-state index contributed by atoms with van der Waals surface area (Å²) in [5, 5.41) is 9.97. The maximum atomic E-state index is 11.7. The van der Waals surface area contributed by atoms with E-state index in [2.05, 4.69) is 72.6 Å². The molecule has 0 saturated carbocycles. The van der Waals surface area contributed by atoms with E-state index in [1.54, 1.807) is 23.5 Å². The first kappa shape index (κ1) is 39.4. The SMILES string of the molecule is CC1[C@@H]2OC[C@]1(CO)O[C@H]2n1cnc2c(N)ncnc21.CC[C@]12CO[C@@H](C1C)[C@H](n1cnc3c(=O)[nH]cnc31)O2.CC[C@]12CO[C@@H](C1C)[C@H](n1cnc3c(Cl)ncnc31)O2. The van der Waals surface area contributed by atoms with E-state index in [-0.39, 0.29) is 66.3 Å². The summed E-state index contributed by atoms with van der Waals surface area (Å²) in [4.78, 5) is 47.5. The fourth-order valence-corrected chi connectivity index (χ4v) is 9.95. The molecule has 22 heteroatoms. The lowest BCUT2D eigenvalue weighted by molar-refractivity contribution is -0.183. The van der Waals surface area contributed by atoms with Gasteiger partial charge in [0.1, 0.15) is 47.6 Å². The van der Waals surface area contributed by atoms with E-state index in [1.165, 1.54) is 19.0 Å². The number of aromatic nitrogens is 12. The van der Waals surface area contributed by atoms with Crippen molar-refractivity contribution in [3.05, 3.63) is 53.5 Å². The van der Waals surface area contributed by atoms with Crippen molar-refractivity contribution in [1.82, 2.24) is 58.6 Å². The number of H-pyrrole nitrogens is 1. The zero-order valence-electron chi connectivity index (χ0n) is 33.6. The number of anilines is 1. The number of aliphatic hydroxyl groups is 1. The molecule has 12 rings (SSSR count). The average Bonchev–Trinajstić information content (AvgIpc) is 4.16. The molecule has 0 aliphatic carbocycles. The molecule has 12 atom stereocenters. The van der Waals surface area contributed by atoms with E-state index < -0.39 is 5.60 Å². The standard InChI is InChI=1S/C13H15ClN4O2.C13H16N4O3.C12H15N5O3/c1-3-13-4-19-9(7(13)2)12(20-13)18-6-17-8-10(14)15-5-16-11(8)18;1-3-13-4-19-9(7(13)2)12(20-13)17-6-16-8-10(17)14-5-15-11(8)18;1-6-8-11(20-12(6,2-18)3-19-8)17-5-16-7-9(13)14-4-15-10(7)17/h5-7,9,12H,3-4H2,1-2H3;5-7,9,12H,3-4H2,1-2H3,(H,14,15,18);4-6,8,11,18H,2-3H2,1H3,(H2,13,14,15)/t2*7?,9-,12+,13-;6?,8-,11+,12-/m000/s1. The molecule has 0 amide bonds. The van der Waals surface area contributed by atoms with Crippen LogP contribution in [0.3, 0.4) is 0 Å². The summed E-state index contributed by atoms with van der Waals surface area (Å²) in [7, 11) is 0. The smallest absolute Gasteiger partial charge is 0.278 e. The van der Waals surface area contributed by atoms with Gasteiger partial charge in [-0.15, -0.1) is 0 Å². The monoisotopic (exact) mass is 847 g/mol. The van der Waals surface area contributed by atoms with Gasteiger partial charge in [-0.05, 0) is 12.8 Å². The molecule has 0 radical (unpaired) electrons. The first-order valence-electron chi connectivity index (χ1n) is 20.1. The molecule has 6 aromatic rings. The van der Waals surface area contributed by atoms with Crippen LogP contribution in [0.4, 0.5) is 5.82 Å². The highest BCUT2D eigenvalue weighted by Gasteiger charge is 2.61. The molecular formula is C38H46ClN13O8. The van der Waals surface area contributed by atoms with E-state index >= 15 is 0 Å². The van der Waals surface area contributed by atoms with Crippen LogP contribution in [0.25, 0.3) is 33.5 Å². The van der Waals surface area contributed by atoms with Crippen molar-refractivity contribution >= 4 is 50.9 Å². The summed E-state index contributed by atoms with van der Waals surface area (Å²) in [6.07, 6.45) is 10.1. The maximum Gasteiger partial charge on any atom is 0.278 e. The van der Waals surface area contributed by atoms with Crippen molar-refractivity contribution in [2.45, 2.75) is 101 Å². The highest BCUT2D eigenvalue weighted by molar-refractivity contribution is 6.33. The van der Waals surface area contributed by atoms with Crippen LogP contribution in [0.5, 0.6) is 0 Å². The number of hydrogen-bond acceptors (Lipinski definition) is 17. The first-order valence-corrected chi connectivity index (χ1v) is 20.5. The van der Waals surface area contributed by atoms with Gasteiger partial charge in [-0.2, -0.15) is 0 Å². The maximum absolute atomic E-state index is 11.7. The number of aliphatic hydroxyl groups excluding tert-OH is 1. The highest BCUT2D eigenvalue weighted by Crippen LogP contribution is 2.52. The molecule has 318 valence electrons. The van der Waals surface area contributed by atoms with Gasteiger partial charge >= 0.3 is 0 Å². The molecule has 0 aromatic carbocycles. The molecule has 0 spiro atoms. The van der Waals surface area contributed by atoms with E-state index in [0.717, 1.165) is 12.8 Å². The number of rotatable bonds is 6. The predicted molar refractivity (Wildman–Crippen MR) is 211 cm³/mol. The molecule has 6 saturated heterocycles. The Hall–Kier alpha value is -4.74. The summed E-state index contributed by atoms with van der Waals surface area (Å²) < 4.78 is 41.7. The molecular weight excluding hydrogens is 802 g/mol. The Balaban J connectivity index is 0.000000108. The van der Waals surface area contributed by atoms with Crippen molar-refractivity contribution in [2.75, 3.05) is 32.2 Å². The minimum Gasteiger partial charge on any atom is -0.393 e. The van der Waals surface area contributed by atoms with Gasteiger partial charge in [0.05, 0.1) is 62.9 Å². The van der Waals surface area contributed by atoms with Gasteiger partial charge < -0.3 is 44.2 Å². The van der Waals surface area contributed by atoms with Gasteiger partial charge in [0.15, 0.2) is 52.1 Å². The second-order valence-corrected chi connectivity index (χ2v) is 16.8. The van der Waals surface area contributed by atoms with Gasteiger partial charge in [-0.3, -0.25) is 18.5 Å². The van der Waals surface area contributed by atoms with Crippen molar-refractivity contribution < 1.29 is 33.5 Å². The lowest BCUT2D eigenvalue weighted by Crippen LogP contribution is -2.40. The highest BCUT2D eigenvalue weighted by atomic mass is 35.5. The molecule has 6 aromatic heterocycles. The van der Waals surface area contributed by atoms with E-state index in [9.17, 15) is 9.90 Å². The van der Waals surface area contributed by atoms with Gasteiger partial charge in [0.2, 0.25) is 0 Å². The van der Waals surface area contributed by atoms with Gasteiger partial charge in [-0.25, -0.2) is 39.9 Å². The molecule has 4 N–H and O–H groups in total. The Morgan fingerprint density at radius 2 is 1.13 bits per heavy atom. The number of halogens is 1. The number of fused-ring (bicyclic) bond motifs is 9. The molecule has 21 nitrogen and oxygen atoms in total. The van der Waals surface area contributed by atoms with Crippen molar-refractivity contribution in [1.29, 1.82) is 0 Å². The number of ether oxygens (including phenoxy) is 6. The Labute approximate surface area is 346 Å². The van der Waals surface area contributed by atoms with E-state index in [1.807, 2.05) is 16.1 Å². The zero-order valence-corrected chi connectivity index (χ0v) is 34.3. The average molecular weight is 848 g/mol. The fraction of sp³-hybridized carbons (Fsp3) is 0.605. The second kappa shape index (κ2) is 14.4. The largest absolute Gasteiger partial charge is 0.393 e. The number of nitrogens with one attached hydrogen (secondary N) is 1. The van der Waals surface area contributed by atoms with Crippen LogP contribution in [0.15, 0.2) is 42.8 Å². The summed E-state index contributed by atoms with van der Waals surface area (Å²) in [6, 6.07) is 0. The molecule has 6 bridgehead atoms. The number of nitrogens with zero attached hydrogens (tertiary/aromatic N) is 11. The molecule has 6 aliphatic heterocycles. The molecule has 3 unspecified atom stereocenters. The molecule has 12 heterocycles. The third-order valence-electron chi connectivity index (χ3n) is 13.8. The molecule has 6 fully saturated rings. The minimum absolute atomic E-state index is 0.0200. The van der Waals surface area contributed by atoms with Crippen LogP contribution in [-0.4, -0.2) is 125 Å². The van der Waals surface area contributed by atoms with E-state index in [0.29, 0.717) is 76.1 Å². The third-order valence-corrected chi connectivity index (χ3v) is 14.1. The van der Waals surface area contributed by atoms with Crippen molar-refractivity contribution in [2.24, 2.45) is 17.8 Å². The molecule has 60 heavy (non-hydrogen) atoms. The van der Waals surface area contributed by atoms with Crippen LogP contribution in [0.1, 0.15) is 66.1 Å². The number of nitrogen functional groups attached to an aromatic ring is 1. The summed E-state index contributed by atoms with van der Waals surface area (Å²) in [5.41, 5.74) is 7.79. The van der Waals surface area contributed by atoms with Crippen LogP contribution >= 0.6 is 11.6 Å². The van der Waals surface area contributed by atoms with E-state index in [4.69, 9.17) is 45.8 Å². The lowest BCUT2D eigenvalue weighted by atomic mass is 9.88. The van der Waals surface area contributed by atoms with Gasteiger partial charge in [0, 0.05) is 17.8 Å². The van der Waals surface area contributed by atoms with Gasteiger partial charge in [-0.1, -0.05) is 46.2 Å². The number of aromatic amines is 1. The summed E-state index contributed by atoms with van der Waals surface area (Å²) in [5.74, 6) is 1.11. The Morgan fingerprint density at radius 1 is 0.683 bits per heavy atom. The quantitative estimate of drug-likeness (QED) is 0.204. The third kappa shape index (κ3) is 5.66. The zero-order chi connectivity index (χ0) is 41.7. The summed E-state index contributed by atoms with van der Waals surface area (Å²) >= 11 is 6.04. The fourth-order valence-electron chi connectivity index (χ4n) is 9.77. The first-order chi connectivity index (χ1) is 29.0. The number of hydrogen-bond donors (Lipinski definition) is 3. The van der Waals surface area contributed by atoms with Crippen LogP contribution in [0.2, 0.25) is 5.15 Å². The Kier molecular flexibility index (Phi) is 9.48. The summed E-state index contributed by atoms with van der Waals surface area (Å²) in [6.45, 7) is 12.2.